The van der Waals surface area contributed by atoms with E-state index >= 15 is 0 Å². The summed E-state index contributed by atoms with van der Waals surface area (Å²) in [5, 5.41) is 11.0. The van der Waals surface area contributed by atoms with E-state index in [1.807, 2.05) is 66.7 Å². The van der Waals surface area contributed by atoms with Crippen molar-refractivity contribution in [1.29, 1.82) is 0 Å². The molecule has 3 N–H and O–H groups in total. The molecule has 0 saturated carbocycles. The molecule has 0 bridgehead atoms. The molecule has 1 aliphatic rings. The molecule has 5 nitrogen and oxygen atoms in total. The number of rotatable bonds is 3. The lowest BCUT2D eigenvalue weighted by Gasteiger charge is -2.16. The van der Waals surface area contributed by atoms with Gasteiger partial charge >= 0.3 is 0 Å². The summed E-state index contributed by atoms with van der Waals surface area (Å²) in [5.41, 5.74) is 2.33. The van der Waals surface area contributed by atoms with Crippen molar-refractivity contribution >= 4 is 39.6 Å². The molecule has 1 heterocycles. The molecule has 0 fully saturated rings. The Labute approximate surface area is 145 Å². The SMILES string of the molecule is O=C(C[C@H]1Nc2cccc3cccc(c23)NC1=O)Nc1ccccc1. The minimum absolute atomic E-state index is 0.0467. The number of amides is 2. The Morgan fingerprint density at radius 1 is 0.920 bits per heavy atom. The van der Waals surface area contributed by atoms with Crippen molar-refractivity contribution in [2.45, 2.75) is 12.5 Å². The quantitative estimate of drug-likeness (QED) is 0.687. The fourth-order valence-electron chi connectivity index (χ4n) is 3.10. The number of carbonyl (C=O) groups is 2. The normalized spacial score (nSPS) is 15.8. The first-order chi connectivity index (χ1) is 12.2. The van der Waals surface area contributed by atoms with Gasteiger partial charge in [-0.1, -0.05) is 42.5 Å². The van der Waals surface area contributed by atoms with Gasteiger partial charge in [-0.2, -0.15) is 0 Å². The Balaban J connectivity index is 1.58. The van der Waals surface area contributed by atoms with Gasteiger partial charge in [0, 0.05) is 16.8 Å². The van der Waals surface area contributed by atoms with Crippen molar-refractivity contribution < 1.29 is 9.59 Å². The predicted molar refractivity (Wildman–Crippen MR) is 99.7 cm³/mol. The number of anilines is 3. The maximum absolute atomic E-state index is 12.6. The van der Waals surface area contributed by atoms with Gasteiger partial charge in [-0.25, -0.2) is 0 Å². The summed E-state index contributed by atoms with van der Waals surface area (Å²) in [6.45, 7) is 0. The Bertz CT molecular complexity index is 948. The molecule has 0 aliphatic carbocycles. The summed E-state index contributed by atoms with van der Waals surface area (Å²) in [6.07, 6.45) is 0.0467. The zero-order valence-electron chi connectivity index (χ0n) is 13.5. The van der Waals surface area contributed by atoms with Crippen LogP contribution in [0, 0.1) is 0 Å². The summed E-state index contributed by atoms with van der Waals surface area (Å²) < 4.78 is 0. The molecule has 124 valence electrons. The van der Waals surface area contributed by atoms with E-state index < -0.39 is 6.04 Å². The first-order valence-corrected chi connectivity index (χ1v) is 8.15. The molecule has 1 aliphatic heterocycles. The molecule has 2 amide bonds. The van der Waals surface area contributed by atoms with Crippen LogP contribution < -0.4 is 16.0 Å². The number of hydrogen-bond donors (Lipinski definition) is 3. The number of hydrogen-bond acceptors (Lipinski definition) is 3. The summed E-state index contributed by atoms with van der Waals surface area (Å²) in [5.74, 6) is -0.427. The molecule has 0 radical (unpaired) electrons. The number of benzene rings is 3. The van der Waals surface area contributed by atoms with Gasteiger partial charge in [0.15, 0.2) is 0 Å². The molecular weight excluding hydrogens is 314 g/mol. The van der Waals surface area contributed by atoms with Gasteiger partial charge in [0.2, 0.25) is 11.8 Å². The van der Waals surface area contributed by atoms with Gasteiger partial charge in [-0.15, -0.1) is 0 Å². The van der Waals surface area contributed by atoms with E-state index in [0.29, 0.717) is 5.69 Å². The standard InChI is InChI=1S/C20H17N3O2/c24-18(21-14-8-2-1-3-9-14)12-17-20(25)23-16-11-5-7-13-6-4-10-15(22-17)19(13)16/h1-11,17,22H,12H2,(H,21,24)(H,23,25)/t17-/m1/s1. The van der Waals surface area contributed by atoms with Crippen LogP contribution in [0.25, 0.3) is 10.8 Å². The van der Waals surface area contributed by atoms with Gasteiger partial charge in [0.05, 0.1) is 12.1 Å². The second-order valence-corrected chi connectivity index (χ2v) is 6.01. The summed E-state index contributed by atoms with van der Waals surface area (Å²) in [6, 6.07) is 20.2. The maximum Gasteiger partial charge on any atom is 0.247 e. The third-order valence-electron chi connectivity index (χ3n) is 4.26. The second-order valence-electron chi connectivity index (χ2n) is 6.01. The van der Waals surface area contributed by atoms with E-state index in [9.17, 15) is 9.59 Å². The largest absolute Gasteiger partial charge is 0.373 e. The van der Waals surface area contributed by atoms with Gasteiger partial charge < -0.3 is 16.0 Å². The predicted octanol–water partition coefficient (Wildman–Crippen LogP) is 3.60. The van der Waals surface area contributed by atoms with E-state index in [-0.39, 0.29) is 18.2 Å². The molecule has 0 spiro atoms. The van der Waals surface area contributed by atoms with Crippen LogP contribution in [0.1, 0.15) is 6.42 Å². The molecule has 3 aromatic rings. The van der Waals surface area contributed by atoms with Crippen LogP contribution in [0.4, 0.5) is 17.1 Å². The van der Waals surface area contributed by atoms with Gasteiger partial charge in [0.25, 0.3) is 0 Å². The Morgan fingerprint density at radius 3 is 2.40 bits per heavy atom. The molecule has 25 heavy (non-hydrogen) atoms. The lowest BCUT2D eigenvalue weighted by molar-refractivity contribution is -0.121. The topological polar surface area (TPSA) is 70.2 Å². The van der Waals surface area contributed by atoms with Crippen LogP contribution in [0.15, 0.2) is 66.7 Å². The fourth-order valence-corrected chi connectivity index (χ4v) is 3.10. The van der Waals surface area contributed by atoms with E-state index in [1.165, 1.54) is 0 Å². The first-order valence-electron chi connectivity index (χ1n) is 8.15. The summed E-state index contributed by atoms with van der Waals surface area (Å²) >= 11 is 0. The molecule has 4 rings (SSSR count). The highest BCUT2D eigenvalue weighted by Gasteiger charge is 2.26. The van der Waals surface area contributed by atoms with Crippen LogP contribution in [0.2, 0.25) is 0 Å². The zero-order chi connectivity index (χ0) is 17.2. The Kier molecular flexibility index (Phi) is 3.82. The maximum atomic E-state index is 12.6. The van der Waals surface area contributed by atoms with Crippen molar-refractivity contribution in [2.75, 3.05) is 16.0 Å². The van der Waals surface area contributed by atoms with Gasteiger partial charge in [-0.3, -0.25) is 9.59 Å². The summed E-state index contributed by atoms with van der Waals surface area (Å²) in [7, 11) is 0. The van der Waals surface area contributed by atoms with Gasteiger partial charge in [0.1, 0.15) is 6.04 Å². The molecule has 0 saturated heterocycles. The van der Waals surface area contributed by atoms with Crippen molar-refractivity contribution in [3.8, 4) is 0 Å². The lowest BCUT2D eigenvalue weighted by atomic mass is 10.1. The highest BCUT2D eigenvalue weighted by atomic mass is 16.2. The van der Waals surface area contributed by atoms with E-state index in [2.05, 4.69) is 16.0 Å². The average molecular weight is 331 g/mol. The van der Waals surface area contributed by atoms with E-state index in [0.717, 1.165) is 22.1 Å². The van der Waals surface area contributed by atoms with Crippen LogP contribution in [0.3, 0.4) is 0 Å². The monoisotopic (exact) mass is 331 g/mol. The van der Waals surface area contributed by atoms with E-state index in [1.54, 1.807) is 0 Å². The molecule has 0 aromatic heterocycles. The van der Waals surface area contributed by atoms with E-state index in [4.69, 9.17) is 0 Å². The molecule has 3 aromatic carbocycles. The summed E-state index contributed by atoms with van der Waals surface area (Å²) in [4.78, 5) is 24.9. The first kappa shape index (κ1) is 15.2. The highest BCUT2D eigenvalue weighted by Crippen LogP contribution is 2.33. The number of para-hydroxylation sites is 1. The smallest absolute Gasteiger partial charge is 0.247 e. The third-order valence-corrected chi connectivity index (χ3v) is 4.26. The van der Waals surface area contributed by atoms with Crippen LogP contribution in [-0.2, 0) is 9.59 Å². The average Bonchev–Trinajstić information content (AvgIpc) is 2.74. The van der Waals surface area contributed by atoms with Gasteiger partial charge in [-0.05, 0) is 29.7 Å². The van der Waals surface area contributed by atoms with Crippen molar-refractivity contribution in [2.24, 2.45) is 0 Å². The zero-order valence-corrected chi connectivity index (χ0v) is 13.5. The van der Waals surface area contributed by atoms with Crippen molar-refractivity contribution in [3.63, 3.8) is 0 Å². The minimum Gasteiger partial charge on any atom is -0.373 e. The fraction of sp³-hybridized carbons (Fsp3) is 0.100. The highest BCUT2D eigenvalue weighted by molar-refractivity contribution is 6.13. The lowest BCUT2D eigenvalue weighted by Crippen LogP contribution is -2.36. The minimum atomic E-state index is -0.637. The molecule has 0 unspecified atom stereocenters. The molecular formula is C20H17N3O2. The molecule has 1 atom stereocenters. The van der Waals surface area contributed by atoms with Crippen LogP contribution in [0.5, 0.6) is 0 Å². The van der Waals surface area contributed by atoms with Crippen molar-refractivity contribution in [1.82, 2.24) is 0 Å². The van der Waals surface area contributed by atoms with Crippen LogP contribution in [-0.4, -0.2) is 17.9 Å². The number of carbonyl (C=O) groups excluding carboxylic acids is 2. The Hall–Kier alpha value is -3.34. The second kappa shape index (κ2) is 6.28. The molecule has 5 heteroatoms. The van der Waals surface area contributed by atoms with Crippen molar-refractivity contribution in [3.05, 3.63) is 66.7 Å². The third kappa shape index (κ3) is 3.04. The van der Waals surface area contributed by atoms with Crippen LogP contribution >= 0.6 is 0 Å². The Morgan fingerprint density at radius 2 is 1.64 bits per heavy atom. The number of nitrogens with one attached hydrogen (secondary N) is 3.